The lowest BCUT2D eigenvalue weighted by atomic mass is 10.2. The molecule has 0 fully saturated rings. The third kappa shape index (κ3) is 9.11. The maximum atomic E-state index is 13.4. The van der Waals surface area contributed by atoms with Crippen molar-refractivity contribution in [3.63, 3.8) is 0 Å². The molecule has 140 valence electrons. The van der Waals surface area contributed by atoms with Gasteiger partial charge in [-0.05, 0) is 25.0 Å². The Hall–Kier alpha value is -2.06. The molecule has 0 spiro atoms. The van der Waals surface area contributed by atoms with Crippen LogP contribution in [0.3, 0.4) is 0 Å². The molecule has 6 nitrogen and oxygen atoms in total. The molecule has 0 aliphatic carbocycles. The second-order valence-electron chi connectivity index (χ2n) is 5.29. The van der Waals surface area contributed by atoms with E-state index in [2.05, 4.69) is 10.6 Å². The van der Waals surface area contributed by atoms with Gasteiger partial charge in [0, 0.05) is 39.3 Å². The fourth-order valence-electron chi connectivity index (χ4n) is 1.95. The lowest BCUT2D eigenvalue weighted by Crippen LogP contribution is -2.28. The molecule has 0 atom stereocenters. The molecular formula is C17H24F2N2O4. The number of hydrogen-bond acceptors (Lipinski definition) is 4. The highest BCUT2D eigenvalue weighted by Gasteiger charge is 2.12. The van der Waals surface area contributed by atoms with Crippen molar-refractivity contribution < 1.29 is 27.8 Å². The number of methoxy groups -OCH3 is 1. The maximum absolute atomic E-state index is 13.4. The zero-order valence-electron chi connectivity index (χ0n) is 14.3. The first-order valence-corrected chi connectivity index (χ1v) is 8.11. The van der Waals surface area contributed by atoms with Gasteiger partial charge in [-0.3, -0.25) is 9.59 Å². The average molecular weight is 358 g/mol. The third-order valence-corrected chi connectivity index (χ3v) is 3.26. The lowest BCUT2D eigenvalue weighted by Gasteiger charge is -2.07. The quantitative estimate of drug-likeness (QED) is 0.557. The number of nitrogens with one attached hydrogen (secondary N) is 2. The van der Waals surface area contributed by atoms with E-state index in [1.807, 2.05) is 0 Å². The summed E-state index contributed by atoms with van der Waals surface area (Å²) in [5, 5.41) is 5.24. The maximum Gasteiger partial charge on any atom is 0.254 e. The second kappa shape index (κ2) is 12.3. The zero-order chi connectivity index (χ0) is 18.5. The van der Waals surface area contributed by atoms with Gasteiger partial charge in [0.15, 0.2) is 0 Å². The molecular weight excluding hydrogens is 334 g/mol. The Morgan fingerprint density at radius 3 is 2.52 bits per heavy atom. The Morgan fingerprint density at radius 2 is 1.80 bits per heavy atom. The Balaban J connectivity index is 2.08. The van der Waals surface area contributed by atoms with Crippen LogP contribution in [-0.4, -0.2) is 51.8 Å². The molecule has 0 aromatic heterocycles. The second-order valence-corrected chi connectivity index (χ2v) is 5.29. The first kappa shape index (κ1) is 21.0. The average Bonchev–Trinajstić information content (AvgIpc) is 2.57. The minimum atomic E-state index is -0.914. The van der Waals surface area contributed by atoms with Crippen molar-refractivity contribution >= 4 is 11.8 Å². The minimum Gasteiger partial charge on any atom is -0.382 e. The molecule has 0 unspecified atom stereocenters. The van der Waals surface area contributed by atoms with Gasteiger partial charge in [0.2, 0.25) is 5.91 Å². The summed E-state index contributed by atoms with van der Waals surface area (Å²) in [5.41, 5.74) is -0.223. The normalized spacial score (nSPS) is 10.5. The van der Waals surface area contributed by atoms with Gasteiger partial charge in [-0.25, -0.2) is 8.78 Å². The Labute approximate surface area is 145 Å². The van der Waals surface area contributed by atoms with Crippen LogP contribution in [0.1, 0.15) is 29.6 Å². The van der Waals surface area contributed by atoms with Crippen LogP contribution in [0.25, 0.3) is 0 Å². The summed E-state index contributed by atoms with van der Waals surface area (Å²) < 4.78 is 36.3. The lowest BCUT2D eigenvalue weighted by molar-refractivity contribution is -0.121. The fourth-order valence-corrected chi connectivity index (χ4v) is 1.95. The number of carbonyl (C=O) groups is 2. The van der Waals surface area contributed by atoms with Gasteiger partial charge >= 0.3 is 0 Å². The van der Waals surface area contributed by atoms with E-state index in [9.17, 15) is 18.4 Å². The predicted molar refractivity (Wildman–Crippen MR) is 88.2 cm³/mol. The summed E-state index contributed by atoms with van der Waals surface area (Å²) in [5.74, 6) is -2.41. The molecule has 0 bridgehead atoms. The van der Waals surface area contributed by atoms with E-state index in [0.717, 1.165) is 12.1 Å². The molecule has 1 rings (SSSR count). The molecule has 2 N–H and O–H groups in total. The number of rotatable bonds is 12. The Bertz CT molecular complexity index is 555. The highest BCUT2D eigenvalue weighted by atomic mass is 19.1. The van der Waals surface area contributed by atoms with Crippen LogP contribution in [-0.2, 0) is 14.3 Å². The highest BCUT2D eigenvalue weighted by molar-refractivity contribution is 5.94. The molecule has 0 radical (unpaired) electrons. The van der Waals surface area contributed by atoms with Gasteiger partial charge in [-0.1, -0.05) is 0 Å². The number of amides is 2. The van der Waals surface area contributed by atoms with E-state index in [0.29, 0.717) is 45.3 Å². The number of benzene rings is 1. The van der Waals surface area contributed by atoms with Crippen LogP contribution in [0.5, 0.6) is 0 Å². The van der Waals surface area contributed by atoms with Crippen molar-refractivity contribution in [2.45, 2.75) is 19.3 Å². The summed E-state index contributed by atoms with van der Waals surface area (Å²) in [4.78, 5) is 23.3. The number of hydrogen-bond donors (Lipinski definition) is 2. The first-order valence-electron chi connectivity index (χ1n) is 8.11. The topological polar surface area (TPSA) is 76.7 Å². The van der Waals surface area contributed by atoms with Crippen molar-refractivity contribution in [2.75, 3.05) is 40.0 Å². The molecule has 2 amide bonds. The monoisotopic (exact) mass is 358 g/mol. The molecule has 0 aliphatic heterocycles. The van der Waals surface area contributed by atoms with Gasteiger partial charge < -0.3 is 20.1 Å². The standard InChI is InChI=1S/C17H24F2N2O4/c1-24-10-11-25-9-3-8-20-16(22)4-2-7-21-17(23)14-6-5-13(18)12-15(14)19/h5-6,12H,2-4,7-11H2,1H3,(H,20,22)(H,21,23). The molecule has 0 saturated heterocycles. The van der Waals surface area contributed by atoms with Crippen molar-refractivity contribution in [1.82, 2.24) is 10.6 Å². The summed E-state index contributed by atoms with van der Waals surface area (Å²) in [6, 6.07) is 2.76. The minimum absolute atomic E-state index is 0.126. The van der Waals surface area contributed by atoms with Crippen LogP contribution >= 0.6 is 0 Å². The molecule has 1 aromatic rings. The van der Waals surface area contributed by atoms with E-state index < -0.39 is 17.5 Å². The Morgan fingerprint density at radius 1 is 1.04 bits per heavy atom. The van der Waals surface area contributed by atoms with E-state index in [-0.39, 0.29) is 24.4 Å². The van der Waals surface area contributed by atoms with Crippen LogP contribution in [0.2, 0.25) is 0 Å². The van der Waals surface area contributed by atoms with Crippen molar-refractivity contribution in [3.8, 4) is 0 Å². The van der Waals surface area contributed by atoms with E-state index in [1.54, 1.807) is 7.11 Å². The van der Waals surface area contributed by atoms with Crippen molar-refractivity contribution in [2.24, 2.45) is 0 Å². The summed E-state index contributed by atoms with van der Waals surface area (Å²) in [7, 11) is 1.60. The van der Waals surface area contributed by atoms with Gasteiger partial charge in [-0.15, -0.1) is 0 Å². The zero-order valence-corrected chi connectivity index (χ0v) is 14.3. The van der Waals surface area contributed by atoms with Crippen LogP contribution in [0.15, 0.2) is 18.2 Å². The predicted octanol–water partition coefficient (Wildman–Crippen LogP) is 1.64. The van der Waals surface area contributed by atoms with E-state index in [4.69, 9.17) is 9.47 Å². The fraction of sp³-hybridized carbons (Fsp3) is 0.529. The summed E-state index contributed by atoms with van der Waals surface area (Å²) >= 11 is 0. The number of halogens is 2. The molecule has 1 aromatic carbocycles. The number of ether oxygens (including phenoxy) is 2. The molecule has 0 saturated carbocycles. The van der Waals surface area contributed by atoms with Crippen molar-refractivity contribution in [1.29, 1.82) is 0 Å². The van der Waals surface area contributed by atoms with Gasteiger partial charge in [0.25, 0.3) is 5.91 Å². The summed E-state index contributed by atoms with van der Waals surface area (Å²) in [6.07, 6.45) is 1.37. The van der Waals surface area contributed by atoms with Crippen molar-refractivity contribution in [3.05, 3.63) is 35.4 Å². The van der Waals surface area contributed by atoms with Crippen LogP contribution in [0, 0.1) is 11.6 Å². The smallest absolute Gasteiger partial charge is 0.254 e. The molecule has 0 heterocycles. The molecule has 8 heteroatoms. The SMILES string of the molecule is COCCOCCCNC(=O)CCCNC(=O)c1ccc(F)cc1F. The third-order valence-electron chi connectivity index (χ3n) is 3.26. The Kier molecular flexibility index (Phi) is 10.3. The molecule has 25 heavy (non-hydrogen) atoms. The molecule has 0 aliphatic rings. The number of carbonyl (C=O) groups excluding carboxylic acids is 2. The van der Waals surface area contributed by atoms with Gasteiger partial charge in [-0.2, -0.15) is 0 Å². The van der Waals surface area contributed by atoms with E-state index >= 15 is 0 Å². The van der Waals surface area contributed by atoms with Crippen LogP contribution in [0.4, 0.5) is 8.78 Å². The van der Waals surface area contributed by atoms with E-state index in [1.165, 1.54) is 0 Å². The largest absolute Gasteiger partial charge is 0.382 e. The summed E-state index contributed by atoms with van der Waals surface area (Å²) in [6.45, 7) is 2.35. The van der Waals surface area contributed by atoms with Gasteiger partial charge in [0.05, 0.1) is 18.8 Å². The highest BCUT2D eigenvalue weighted by Crippen LogP contribution is 2.09. The van der Waals surface area contributed by atoms with Crippen LogP contribution < -0.4 is 10.6 Å². The first-order chi connectivity index (χ1) is 12.0. The van der Waals surface area contributed by atoms with Gasteiger partial charge in [0.1, 0.15) is 11.6 Å².